The predicted molar refractivity (Wildman–Crippen MR) is 87.9 cm³/mol. The summed E-state index contributed by atoms with van der Waals surface area (Å²) in [4.78, 5) is 15.6. The quantitative estimate of drug-likeness (QED) is 0.783. The average Bonchev–Trinajstić information content (AvgIpc) is 2.62. The summed E-state index contributed by atoms with van der Waals surface area (Å²) in [5, 5.41) is 4.48. The second kappa shape index (κ2) is 5.69. The molecule has 1 aromatic carbocycles. The Labute approximate surface area is 129 Å². The van der Waals surface area contributed by atoms with Crippen molar-refractivity contribution >= 4 is 16.7 Å². The molecular formula is C17H17N5. The second-order valence-corrected chi connectivity index (χ2v) is 5.42. The second-order valence-electron chi connectivity index (χ2n) is 5.42. The largest absolute Gasteiger partial charge is 0.354 e. The number of aromatic nitrogens is 3. The minimum atomic E-state index is 0.918. The number of nitrogens with zero attached hydrogens (tertiary/aromatic N) is 4. The molecule has 5 heteroatoms. The molecule has 0 spiro atoms. The Kier molecular flexibility index (Phi) is 3.40. The lowest BCUT2D eigenvalue weighted by Crippen LogP contribution is -2.43. The van der Waals surface area contributed by atoms with Crippen molar-refractivity contribution in [2.24, 2.45) is 0 Å². The first-order valence-electron chi connectivity index (χ1n) is 7.53. The number of piperazine rings is 1. The van der Waals surface area contributed by atoms with Crippen LogP contribution < -0.4 is 10.2 Å². The zero-order chi connectivity index (χ0) is 14.8. The first-order valence-corrected chi connectivity index (χ1v) is 7.53. The highest BCUT2D eigenvalue weighted by atomic mass is 15.2. The normalized spacial score (nSPS) is 15.2. The maximum absolute atomic E-state index is 4.52. The van der Waals surface area contributed by atoms with Gasteiger partial charge in [-0.05, 0) is 12.1 Å². The summed E-state index contributed by atoms with van der Waals surface area (Å²) in [5.41, 5.74) is 2.95. The molecule has 0 radical (unpaired) electrons. The standard InChI is InChI=1S/C17H17N5/c1-2-4-15-13(3-1)9-14(11-19-15)16-10-17(21-12-20-16)22-7-5-18-6-8-22/h1-4,9-12,18H,5-8H2. The zero-order valence-electron chi connectivity index (χ0n) is 12.2. The molecule has 2 aromatic heterocycles. The molecule has 0 saturated carbocycles. The van der Waals surface area contributed by atoms with Crippen LogP contribution in [0.15, 0.2) is 48.9 Å². The molecular weight excluding hydrogens is 274 g/mol. The molecule has 0 atom stereocenters. The zero-order valence-corrected chi connectivity index (χ0v) is 12.2. The molecule has 4 rings (SSSR count). The van der Waals surface area contributed by atoms with Crippen molar-refractivity contribution in [2.45, 2.75) is 0 Å². The molecule has 3 heterocycles. The van der Waals surface area contributed by atoms with Crippen molar-refractivity contribution in [3.05, 3.63) is 48.9 Å². The Morgan fingerprint density at radius 3 is 2.73 bits per heavy atom. The van der Waals surface area contributed by atoms with Gasteiger partial charge >= 0.3 is 0 Å². The van der Waals surface area contributed by atoms with Crippen molar-refractivity contribution in [1.82, 2.24) is 20.3 Å². The maximum atomic E-state index is 4.52. The van der Waals surface area contributed by atoms with Crippen molar-refractivity contribution < 1.29 is 0 Å². The van der Waals surface area contributed by atoms with Gasteiger partial charge in [0.25, 0.3) is 0 Å². The summed E-state index contributed by atoms with van der Waals surface area (Å²) >= 11 is 0. The van der Waals surface area contributed by atoms with Gasteiger partial charge in [0.15, 0.2) is 0 Å². The molecule has 0 amide bonds. The Morgan fingerprint density at radius 2 is 1.82 bits per heavy atom. The molecule has 1 N–H and O–H groups in total. The van der Waals surface area contributed by atoms with Crippen LogP contribution in [0.4, 0.5) is 5.82 Å². The van der Waals surface area contributed by atoms with E-state index >= 15 is 0 Å². The first-order chi connectivity index (χ1) is 10.9. The maximum Gasteiger partial charge on any atom is 0.132 e. The average molecular weight is 291 g/mol. The molecule has 22 heavy (non-hydrogen) atoms. The molecule has 1 aliphatic heterocycles. The van der Waals surface area contributed by atoms with E-state index in [4.69, 9.17) is 0 Å². The van der Waals surface area contributed by atoms with Crippen LogP contribution >= 0.6 is 0 Å². The van der Waals surface area contributed by atoms with Gasteiger partial charge in [-0.15, -0.1) is 0 Å². The topological polar surface area (TPSA) is 53.9 Å². The smallest absolute Gasteiger partial charge is 0.132 e. The third-order valence-electron chi connectivity index (χ3n) is 3.98. The number of nitrogens with one attached hydrogen (secondary N) is 1. The van der Waals surface area contributed by atoms with Crippen LogP contribution in [-0.2, 0) is 0 Å². The van der Waals surface area contributed by atoms with Gasteiger partial charge < -0.3 is 10.2 Å². The molecule has 0 aliphatic carbocycles. The van der Waals surface area contributed by atoms with Crippen LogP contribution in [0, 0.1) is 0 Å². The fraction of sp³-hybridized carbons (Fsp3) is 0.235. The van der Waals surface area contributed by atoms with Crippen LogP contribution in [0.5, 0.6) is 0 Å². The summed E-state index contributed by atoms with van der Waals surface area (Å²) in [6.07, 6.45) is 3.52. The van der Waals surface area contributed by atoms with Crippen molar-refractivity contribution in [3.63, 3.8) is 0 Å². The number of anilines is 1. The van der Waals surface area contributed by atoms with E-state index < -0.39 is 0 Å². The molecule has 1 aliphatic rings. The fourth-order valence-electron chi connectivity index (χ4n) is 2.78. The van der Waals surface area contributed by atoms with Crippen LogP contribution in [0.1, 0.15) is 0 Å². The van der Waals surface area contributed by atoms with Crippen molar-refractivity contribution in [3.8, 4) is 11.3 Å². The van der Waals surface area contributed by atoms with Crippen LogP contribution in [0.2, 0.25) is 0 Å². The van der Waals surface area contributed by atoms with E-state index in [1.54, 1.807) is 6.33 Å². The third kappa shape index (κ3) is 2.51. The molecule has 1 fully saturated rings. The predicted octanol–water partition coefficient (Wildman–Crippen LogP) is 2.10. The van der Waals surface area contributed by atoms with Gasteiger partial charge in [-0.25, -0.2) is 9.97 Å². The number of benzene rings is 1. The van der Waals surface area contributed by atoms with E-state index in [-0.39, 0.29) is 0 Å². The van der Waals surface area contributed by atoms with Gasteiger partial charge in [-0.3, -0.25) is 4.98 Å². The number of fused-ring (bicyclic) bond motifs is 1. The van der Waals surface area contributed by atoms with Gasteiger partial charge in [0, 0.05) is 49.4 Å². The Bertz CT molecular complexity index is 796. The highest BCUT2D eigenvalue weighted by Crippen LogP contribution is 2.23. The monoisotopic (exact) mass is 291 g/mol. The highest BCUT2D eigenvalue weighted by molar-refractivity contribution is 5.83. The van der Waals surface area contributed by atoms with Crippen molar-refractivity contribution in [2.75, 3.05) is 31.1 Å². The SMILES string of the molecule is c1ccc2ncc(-c3cc(N4CCNCC4)ncn3)cc2c1. The van der Waals surface area contributed by atoms with E-state index in [2.05, 4.69) is 43.4 Å². The number of hydrogen-bond donors (Lipinski definition) is 1. The van der Waals surface area contributed by atoms with Gasteiger partial charge in [0.1, 0.15) is 12.1 Å². The summed E-state index contributed by atoms with van der Waals surface area (Å²) in [6.45, 7) is 3.95. The van der Waals surface area contributed by atoms with Crippen LogP contribution in [0.3, 0.4) is 0 Å². The fourth-order valence-corrected chi connectivity index (χ4v) is 2.78. The van der Waals surface area contributed by atoms with Crippen molar-refractivity contribution in [1.29, 1.82) is 0 Å². The third-order valence-corrected chi connectivity index (χ3v) is 3.98. The Balaban J connectivity index is 1.71. The number of pyridine rings is 1. The summed E-state index contributed by atoms with van der Waals surface area (Å²) < 4.78 is 0. The molecule has 0 bridgehead atoms. The molecule has 110 valence electrons. The number of para-hydroxylation sites is 1. The van der Waals surface area contributed by atoms with Crippen LogP contribution in [0.25, 0.3) is 22.2 Å². The molecule has 0 unspecified atom stereocenters. The summed E-state index contributed by atoms with van der Waals surface area (Å²) in [7, 11) is 0. The lowest BCUT2D eigenvalue weighted by atomic mass is 10.1. The molecule has 5 nitrogen and oxygen atoms in total. The van der Waals surface area contributed by atoms with Gasteiger partial charge in [-0.1, -0.05) is 18.2 Å². The van der Waals surface area contributed by atoms with E-state index in [1.165, 1.54) is 0 Å². The van der Waals surface area contributed by atoms with E-state index in [0.29, 0.717) is 0 Å². The van der Waals surface area contributed by atoms with E-state index in [1.807, 2.05) is 24.4 Å². The van der Waals surface area contributed by atoms with E-state index in [9.17, 15) is 0 Å². The van der Waals surface area contributed by atoms with Gasteiger partial charge in [-0.2, -0.15) is 0 Å². The Morgan fingerprint density at radius 1 is 0.955 bits per heavy atom. The number of rotatable bonds is 2. The Hall–Kier alpha value is -2.53. The summed E-state index contributed by atoms with van der Waals surface area (Å²) in [6, 6.07) is 12.3. The van der Waals surface area contributed by atoms with Gasteiger partial charge in [0.05, 0.1) is 11.2 Å². The lowest BCUT2D eigenvalue weighted by Gasteiger charge is -2.28. The minimum Gasteiger partial charge on any atom is -0.354 e. The van der Waals surface area contributed by atoms with Gasteiger partial charge in [0.2, 0.25) is 0 Å². The highest BCUT2D eigenvalue weighted by Gasteiger charge is 2.13. The molecule has 3 aromatic rings. The number of hydrogen-bond acceptors (Lipinski definition) is 5. The lowest BCUT2D eigenvalue weighted by molar-refractivity contribution is 0.584. The summed E-state index contributed by atoms with van der Waals surface area (Å²) in [5.74, 6) is 0.986. The molecule has 1 saturated heterocycles. The van der Waals surface area contributed by atoms with E-state index in [0.717, 1.165) is 54.2 Å². The van der Waals surface area contributed by atoms with Crippen LogP contribution in [-0.4, -0.2) is 41.1 Å². The minimum absolute atomic E-state index is 0.918. The first kappa shape index (κ1) is 13.2.